The van der Waals surface area contributed by atoms with Crippen molar-refractivity contribution >= 4 is 46.4 Å². The number of nitrogens with zero attached hydrogens (tertiary/aromatic N) is 9. The van der Waals surface area contributed by atoms with E-state index < -0.39 is 17.5 Å². The van der Waals surface area contributed by atoms with Crippen LogP contribution < -0.4 is 19.6 Å². The molecule has 0 spiro atoms. The third-order valence-electron chi connectivity index (χ3n) is 9.91. The smallest absolute Gasteiger partial charge is 0.338 e. The molecule has 3 aromatic rings. The Morgan fingerprint density at radius 1 is 0.818 bits per heavy atom. The van der Waals surface area contributed by atoms with Crippen molar-refractivity contribution in [2.75, 3.05) is 134 Å². The fourth-order valence-corrected chi connectivity index (χ4v) is 6.66. The van der Waals surface area contributed by atoms with E-state index in [0.29, 0.717) is 86.7 Å². The van der Waals surface area contributed by atoms with Gasteiger partial charge in [0.25, 0.3) is 5.92 Å². The number of aromatic nitrogens is 4. The predicted molar refractivity (Wildman–Crippen MR) is 203 cm³/mol. The number of methoxy groups -OCH3 is 5. The van der Waals surface area contributed by atoms with Crippen molar-refractivity contribution in [1.29, 1.82) is 0 Å². The summed E-state index contributed by atoms with van der Waals surface area (Å²) in [6.45, 7) is 5.55. The molecule has 2 saturated heterocycles. The summed E-state index contributed by atoms with van der Waals surface area (Å²) in [5, 5.41) is 0. The van der Waals surface area contributed by atoms with Crippen LogP contribution in [0, 0.1) is 0 Å². The summed E-state index contributed by atoms with van der Waals surface area (Å²) in [7, 11) is 9.47. The highest BCUT2D eigenvalue weighted by Gasteiger charge is 2.33. The molecule has 0 radical (unpaired) electrons. The molecule has 2 aliphatic rings. The predicted octanol–water partition coefficient (Wildman–Crippen LogP) is 2.96. The lowest BCUT2D eigenvalue weighted by Crippen LogP contribution is -2.49. The topological polar surface area (TPSA) is 148 Å². The molecule has 0 bridgehead atoms. The molecule has 0 saturated carbocycles. The highest BCUT2D eigenvalue weighted by molar-refractivity contribution is 5.97. The van der Waals surface area contributed by atoms with E-state index in [0.717, 1.165) is 26.9 Å². The third kappa shape index (κ3) is 10.0. The highest BCUT2D eigenvalue weighted by atomic mass is 19.3. The number of carbonyl (C=O) groups is 2. The fourth-order valence-electron chi connectivity index (χ4n) is 6.66. The van der Waals surface area contributed by atoms with E-state index in [1.165, 1.54) is 12.1 Å². The number of piperazine rings is 1. The Hall–Kier alpha value is -4.52. The zero-order chi connectivity index (χ0) is 39.7. The Labute approximate surface area is 320 Å². The molecule has 0 atom stereocenters. The highest BCUT2D eigenvalue weighted by Crippen LogP contribution is 2.36. The minimum atomic E-state index is -3.32. The van der Waals surface area contributed by atoms with Gasteiger partial charge >= 0.3 is 5.97 Å². The summed E-state index contributed by atoms with van der Waals surface area (Å²) in [4.78, 5) is 55.6. The van der Waals surface area contributed by atoms with Crippen molar-refractivity contribution < 1.29 is 42.1 Å². The lowest BCUT2D eigenvalue weighted by atomic mass is 9.99. The summed E-state index contributed by atoms with van der Waals surface area (Å²) >= 11 is 0. The van der Waals surface area contributed by atoms with E-state index in [1.54, 1.807) is 46.5 Å². The first kappa shape index (κ1) is 41.6. The molecular formula is C37H53F2N9O7. The second-order valence-electron chi connectivity index (χ2n) is 13.7. The van der Waals surface area contributed by atoms with E-state index in [2.05, 4.69) is 4.90 Å². The standard InChI is InChI=1S/C37H53F2N9O7/c1-37(38,39)28-22-25(8-9-27(28)34(50)55-7)23-48(18-21-53-5)36-41-30-31(33(43-36)47-15-14-44(2)29(49)24-47)40-35(46(16-19-51-3)17-20-52-4)42-32(30)45-12-10-26(54-6)11-13-45/h8-9,22,26H,10-21,23-24H2,1-7H3. The number of amides is 1. The number of ether oxygens (including phenoxy) is 5. The van der Waals surface area contributed by atoms with Gasteiger partial charge in [0.1, 0.15) is 11.0 Å². The molecule has 1 amide bonds. The van der Waals surface area contributed by atoms with Crippen LogP contribution in [0.15, 0.2) is 18.2 Å². The maximum atomic E-state index is 14.9. The number of hydrogen-bond donors (Lipinski definition) is 0. The summed E-state index contributed by atoms with van der Waals surface area (Å²) in [6.07, 6.45) is 1.66. The largest absolute Gasteiger partial charge is 0.465 e. The number of fused-ring (bicyclic) bond motifs is 1. The van der Waals surface area contributed by atoms with Crippen LogP contribution in [0.2, 0.25) is 0 Å². The number of benzene rings is 1. The Bertz CT molecular complexity index is 1770. The van der Waals surface area contributed by atoms with Crippen molar-refractivity contribution in [1.82, 2.24) is 24.8 Å². The second-order valence-corrected chi connectivity index (χ2v) is 13.7. The van der Waals surface area contributed by atoms with Crippen LogP contribution in [0.1, 0.15) is 41.3 Å². The molecule has 2 aromatic heterocycles. The van der Waals surface area contributed by atoms with E-state index in [9.17, 15) is 18.4 Å². The number of halogens is 2. The molecule has 18 heteroatoms. The molecular weight excluding hydrogens is 720 g/mol. The van der Waals surface area contributed by atoms with Gasteiger partial charge in [-0.05, 0) is 30.5 Å². The van der Waals surface area contributed by atoms with Crippen LogP contribution in [-0.4, -0.2) is 158 Å². The van der Waals surface area contributed by atoms with Gasteiger partial charge in [-0.15, -0.1) is 0 Å². The zero-order valence-electron chi connectivity index (χ0n) is 32.8. The van der Waals surface area contributed by atoms with Crippen molar-refractivity contribution in [3.8, 4) is 0 Å². The normalized spacial score (nSPS) is 15.6. The van der Waals surface area contributed by atoms with Crippen molar-refractivity contribution in [3.63, 3.8) is 0 Å². The molecule has 55 heavy (non-hydrogen) atoms. The number of carbonyl (C=O) groups excluding carboxylic acids is 2. The van der Waals surface area contributed by atoms with Crippen molar-refractivity contribution in [3.05, 3.63) is 34.9 Å². The lowest BCUT2D eigenvalue weighted by Gasteiger charge is -2.35. The van der Waals surface area contributed by atoms with E-state index in [-0.39, 0.29) is 49.8 Å². The van der Waals surface area contributed by atoms with Gasteiger partial charge in [-0.25, -0.2) is 23.5 Å². The van der Waals surface area contributed by atoms with Gasteiger partial charge in [0, 0.05) is 100 Å². The number of rotatable bonds is 18. The molecule has 2 aliphatic heterocycles. The van der Waals surface area contributed by atoms with E-state index in [1.807, 2.05) is 14.7 Å². The number of alkyl halides is 2. The first-order valence-corrected chi connectivity index (χ1v) is 18.3. The number of hydrogen-bond acceptors (Lipinski definition) is 15. The second kappa shape index (κ2) is 18.9. The summed E-state index contributed by atoms with van der Waals surface area (Å²) < 4.78 is 56.6. The molecule has 302 valence electrons. The Kier molecular flexibility index (Phi) is 14.3. The van der Waals surface area contributed by atoms with Crippen molar-refractivity contribution in [2.24, 2.45) is 0 Å². The summed E-state index contributed by atoms with van der Waals surface area (Å²) in [6, 6.07) is 4.27. The molecule has 0 N–H and O–H groups in total. The van der Waals surface area contributed by atoms with Crippen LogP contribution in [0.4, 0.5) is 32.3 Å². The van der Waals surface area contributed by atoms with Crippen LogP contribution in [0.3, 0.4) is 0 Å². The van der Waals surface area contributed by atoms with Crippen LogP contribution in [-0.2, 0) is 40.9 Å². The summed E-state index contributed by atoms with van der Waals surface area (Å²) in [5.74, 6) is -2.49. The molecule has 16 nitrogen and oxygen atoms in total. The first-order valence-electron chi connectivity index (χ1n) is 18.3. The maximum absolute atomic E-state index is 14.9. The number of anilines is 4. The lowest BCUT2D eigenvalue weighted by molar-refractivity contribution is -0.129. The van der Waals surface area contributed by atoms with Crippen LogP contribution in [0.25, 0.3) is 11.0 Å². The van der Waals surface area contributed by atoms with Crippen LogP contribution >= 0.6 is 0 Å². The minimum absolute atomic E-state index is 0.0645. The van der Waals surface area contributed by atoms with Gasteiger partial charge < -0.3 is 48.2 Å². The Balaban J connectivity index is 1.72. The van der Waals surface area contributed by atoms with E-state index in [4.69, 9.17) is 43.6 Å². The Morgan fingerprint density at radius 2 is 1.38 bits per heavy atom. The monoisotopic (exact) mass is 773 g/mol. The van der Waals surface area contributed by atoms with Gasteiger partial charge in [-0.2, -0.15) is 9.97 Å². The quantitative estimate of drug-likeness (QED) is 0.174. The van der Waals surface area contributed by atoms with Crippen LogP contribution in [0.5, 0.6) is 0 Å². The maximum Gasteiger partial charge on any atom is 0.338 e. The first-order chi connectivity index (χ1) is 26.4. The molecule has 0 unspecified atom stereocenters. The summed E-state index contributed by atoms with van der Waals surface area (Å²) in [5.41, 5.74) is 0.769. The molecule has 0 aliphatic carbocycles. The SMILES string of the molecule is COCCN(Cc1ccc(C(=O)OC)c(C(C)(F)F)c1)c1nc(N2CCN(C)C(=O)C2)c2nc(N(CCOC)CCOC)nc(N3CCC(OC)CC3)c2n1. The Morgan fingerprint density at radius 3 is 1.91 bits per heavy atom. The molecule has 4 heterocycles. The number of esters is 1. The van der Waals surface area contributed by atoms with Gasteiger partial charge in [0.05, 0.1) is 45.1 Å². The van der Waals surface area contributed by atoms with Gasteiger partial charge in [-0.3, -0.25) is 4.79 Å². The van der Waals surface area contributed by atoms with Crippen molar-refractivity contribution in [2.45, 2.75) is 38.3 Å². The fraction of sp³-hybridized carbons (Fsp3) is 0.622. The number of piperidine rings is 1. The zero-order valence-corrected chi connectivity index (χ0v) is 32.8. The molecule has 5 rings (SSSR count). The van der Waals surface area contributed by atoms with Gasteiger partial charge in [-0.1, -0.05) is 6.07 Å². The van der Waals surface area contributed by atoms with Gasteiger partial charge in [0.2, 0.25) is 17.8 Å². The molecule has 2 fully saturated rings. The van der Waals surface area contributed by atoms with E-state index >= 15 is 0 Å². The average molecular weight is 774 g/mol. The minimum Gasteiger partial charge on any atom is -0.465 e. The average Bonchev–Trinajstić information content (AvgIpc) is 3.19. The number of likely N-dealkylation sites (N-methyl/N-ethyl adjacent to an activating group) is 1. The van der Waals surface area contributed by atoms with Gasteiger partial charge in [0.15, 0.2) is 11.6 Å². The molecule has 1 aromatic carbocycles. The third-order valence-corrected chi connectivity index (χ3v) is 9.91.